The summed E-state index contributed by atoms with van der Waals surface area (Å²) in [4.78, 5) is 20.7. The molecule has 7 heteroatoms. The lowest BCUT2D eigenvalue weighted by molar-refractivity contribution is -0.121. The van der Waals surface area contributed by atoms with Crippen LogP contribution in [0.4, 0.5) is 0 Å². The fraction of sp³-hybridized carbons (Fsp3) is 0.263. The number of aromatic amines is 1. The Hall–Kier alpha value is -3.22. The van der Waals surface area contributed by atoms with Crippen molar-refractivity contribution in [3.05, 3.63) is 60.2 Å². The first kappa shape index (κ1) is 17.6. The summed E-state index contributed by atoms with van der Waals surface area (Å²) in [6.45, 7) is 4.43. The lowest BCUT2D eigenvalue weighted by Gasteiger charge is -2.11. The van der Waals surface area contributed by atoms with Gasteiger partial charge in [-0.05, 0) is 43.7 Å². The molecule has 0 aliphatic carbocycles. The fourth-order valence-corrected chi connectivity index (χ4v) is 2.51. The van der Waals surface area contributed by atoms with Crippen LogP contribution in [0.1, 0.15) is 31.3 Å². The molecule has 1 amide bonds. The Bertz CT molecular complexity index is 846. The topological polar surface area (TPSA) is 92.8 Å². The molecule has 0 fully saturated rings. The smallest absolute Gasteiger partial charge is 0.224 e. The first-order chi connectivity index (χ1) is 12.7. The maximum atomic E-state index is 12.3. The Kier molecular flexibility index (Phi) is 5.58. The molecule has 1 aromatic carbocycles. The van der Waals surface area contributed by atoms with Gasteiger partial charge in [0.2, 0.25) is 5.91 Å². The lowest BCUT2D eigenvalue weighted by atomic mass is 10.1. The highest BCUT2D eigenvalue weighted by Gasteiger charge is 2.15. The Morgan fingerprint density at radius 2 is 1.92 bits per heavy atom. The number of pyridine rings is 1. The number of nitrogens with one attached hydrogen (secondary N) is 2. The Morgan fingerprint density at radius 1 is 1.19 bits per heavy atom. The minimum absolute atomic E-state index is 0.0801. The van der Waals surface area contributed by atoms with Crippen molar-refractivity contribution >= 4 is 5.91 Å². The summed E-state index contributed by atoms with van der Waals surface area (Å²) in [6, 6.07) is 10.9. The third-order valence-corrected chi connectivity index (χ3v) is 3.83. The molecule has 26 heavy (non-hydrogen) atoms. The van der Waals surface area contributed by atoms with Gasteiger partial charge in [0.05, 0.1) is 19.1 Å². The molecule has 0 spiro atoms. The van der Waals surface area contributed by atoms with Crippen molar-refractivity contribution < 1.29 is 9.53 Å². The van der Waals surface area contributed by atoms with Crippen LogP contribution in [-0.4, -0.2) is 32.7 Å². The van der Waals surface area contributed by atoms with Gasteiger partial charge >= 0.3 is 0 Å². The minimum atomic E-state index is -0.270. The van der Waals surface area contributed by atoms with Crippen molar-refractivity contribution in [3.63, 3.8) is 0 Å². The van der Waals surface area contributed by atoms with Gasteiger partial charge in [-0.2, -0.15) is 5.10 Å². The van der Waals surface area contributed by atoms with Crippen LogP contribution >= 0.6 is 0 Å². The molecule has 2 aromatic heterocycles. The van der Waals surface area contributed by atoms with Crippen molar-refractivity contribution in [1.82, 2.24) is 25.5 Å². The van der Waals surface area contributed by atoms with Crippen molar-refractivity contribution in [2.75, 3.05) is 6.61 Å². The van der Waals surface area contributed by atoms with E-state index >= 15 is 0 Å². The number of hydrogen-bond acceptors (Lipinski definition) is 5. The van der Waals surface area contributed by atoms with Gasteiger partial charge in [0.15, 0.2) is 5.82 Å². The molecule has 0 saturated heterocycles. The van der Waals surface area contributed by atoms with Crippen molar-refractivity contribution in [2.24, 2.45) is 0 Å². The summed E-state index contributed by atoms with van der Waals surface area (Å²) in [7, 11) is 0. The van der Waals surface area contributed by atoms with Crippen LogP contribution in [0.3, 0.4) is 0 Å². The molecule has 0 unspecified atom stereocenters. The zero-order valence-electron chi connectivity index (χ0n) is 14.8. The molecule has 134 valence electrons. The van der Waals surface area contributed by atoms with E-state index in [2.05, 4.69) is 25.5 Å². The Balaban J connectivity index is 1.58. The SMILES string of the molecule is CCOc1ccc(CC(=O)N[C@@H](C)c2nc(-c3ccncc3)n[nH]2)cc1. The summed E-state index contributed by atoms with van der Waals surface area (Å²) in [5.41, 5.74) is 1.80. The molecule has 2 N–H and O–H groups in total. The maximum Gasteiger partial charge on any atom is 0.224 e. The van der Waals surface area contributed by atoms with E-state index in [0.29, 0.717) is 24.7 Å². The molecule has 0 saturated carbocycles. The van der Waals surface area contributed by atoms with Crippen LogP contribution in [0.25, 0.3) is 11.4 Å². The Labute approximate surface area is 151 Å². The van der Waals surface area contributed by atoms with Crippen LogP contribution < -0.4 is 10.1 Å². The normalized spacial score (nSPS) is 11.8. The van der Waals surface area contributed by atoms with Gasteiger partial charge in [-0.1, -0.05) is 12.1 Å². The zero-order chi connectivity index (χ0) is 18.4. The number of aromatic nitrogens is 4. The van der Waals surface area contributed by atoms with Gasteiger partial charge in [-0.15, -0.1) is 0 Å². The van der Waals surface area contributed by atoms with E-state index in [0.717, 1.165) is 16.9 Å². The summed E-state index contributed by atoms with van der Waals surface area (Å²) in [6.07, 6.45) is 3.67. The number of nitrogens with zero attached hydrogens (tertiary/aromatic N) is 3. The molecule has 3 rings (SSSR count). The standard InChI is InChI=1S/C19H21N5O2/c1-3-26-16-6-4-14(5-7-16)12-17(25)21-13(2)18-22-19(24-23-18)15-8-10-20-11-9-15/h4-11,13H,3,12H2,1-2H3,(H,21,25)(H,22,23,24)/t13-/m0/s1. The first-order valence-corrected chi connectivity index (χ1v) is 8.49. The number of rotatable bonds is 7. The number of benzene rings is 1. The molecule has 0 bridgehead atoms. The highest BCUT2D eigenvalue weighted by atomic mass is 16.5. The second-order valence-corrected chi connectivity index (χ2v) is 5.82. The van der Waals surface area contributed by atoms with Crippen molar-refractivity contribution in [1.29, 1.82) is 0 Å². The number of amides is 1. The molecule has 0 aliphatic rings. The summed E-state index contributed by atoms with van der Waals surface area (Å²) < 4.78 is 5.40. The molecular formula is C19H21N5O2. The van der Waals surface area contributed by atoms with Crippen LogP contribution in [0.15, 0.2) is 48.8 Å². The Morgan fingerprint density at radius 3 is 2.62 bits per heavy atom. The van der Waals surface area contributed by atoms with Gasteiger partial charge in [-0.25, -0.2) is 4.98 Å². The molecule has 1 atom stereocenters. The highest BCUT2D eigenvalue weighted by molar-refractivity contribution is 5.78. The van der Waals surface area contributed by atoms with Crippen LogP contribution in [0.5, 0.6) is 5.75 Å². The van der Waals surface area contributed by atoms with E-state index in [-0.39, 0.29) is 11.9 Å². The van der Waals surface area contributed by atoms with E-state index < -0.39 is 0 Å². The average molecular weight is 351 g/mol. The van der Waals surface area contributed by atoms with Gasteiger partial charge in [0.1, 0.15) is 11.6 Å². The number of hydrogen-bond donors (Lipinski definition) is 2. The van der Waals surface area contributed by atoms with Gasteiger partial charge in [-0.3, -0.25) is 14.9 Å². The van der Waals surface area contributed by atoms with E-state index in [1.807, 2.05) is 50.2 Å². The van der Waals surface area contributed by atoms with Crippen LogP contribution in [0.2, 0.25) is 0 Å². The quantitative estimate of drug-likeness (QED) is 0.683. The second kappa shape index (κ2) is 8.24. The highest BCUT2D eigenvalue weighted by Crippen LogP contribution is 2.16. The van der Waals surface area contributed by atoms with E-state index in [4.69, 9.17) is 4.74 Å². The lowest BCUT2D eigenvalue weighted by Crippen LogP contribution is -2.28. The van der Waals surface area contributed by atoms with E-state index in [1.165, 1.54) is 0 Å². The number of H-pyrrole nitrogens is 1. The molecule has 0 aliphatic heterocycles. The maximum absolute atomic E-state index is 12.3. The van der Waals surface area contributed by atoms with Crippen molar-refractivity contribution in [2.45, 2.75) is 26.3 Å². The molecular weight excluding hydrogens is 330 g/mol. The minimum Gasteiger partial charge on any atom is -0.494 e. The number of ether oxygens (including phenoxy) is 1. The van der Waals surface area contributed by atoms with Crippen LogP contribution in [-0.2, 0) is 11.2 Å². The summed E-state index contributed by atoms with van der Waals surface area (Å²) in [5, 5.41) is 10.0. The van der Waals surface area contributed by atoms with Crippen LogP contribution in [0, 0.1) is 0 Å². The first-order valence-electron chi connectivity index (χ1n) is 8.49. The van der Waals surface area contributed by atoms with Gasteiger partial charge < -0.3 is 10.1 Å². The monoisotopic (exact) mass is 351 g/mol. The molecule has 3 aromatic rings. The molecule has 2 heterocycles. The van der Waals surface area contributed by atoms with Crippen molar-refractivity contribution in [3.8, 4) is 17.1 Å². The number of carbonyl (C=O) groups excluding carboxylic acids is 1. The third-order valence-electron chi connectivity index (χ3n) is 3.83. The molecule has 0 radical (unpaired) electrons. The van der Waals surface area contributed by atoms with Gasteiger partial charge in [0.25, 0.3) is 0 Å². The fourth-order valence-electron chi connectivity index (χ4n) is 2.51. The molecule has 7 nitrogen and oxygen atoms in total. The average Bonchev–Trinajstić information content (AvgIpc) is 3.15. The van der Waals surface area contributed by atoms with E-state index in [1.54, 1.807) is 12.4 Å². The predicted molar refractivity (Wildman–Crippen MR) is 97.5 cm³/mol. The predicted octanol–water partition coefficient (Wildman–Crippen LogP) is 2.69. The second-order valence-electron chi connectivity index (χ2n) is 5.82. The zero-order valence-corrected chi connectivity index (χ0v) is 14.8. The van der Waals surface area contributed by atoms with E-state index in [9.17, 15) is 4.79 Å². The summed E-state index contributed by atoms with van der Waals surface area (Å²) >= 11 is 0. The largest absolute Gasteiger partial charge is 0.494 e. The van der Waals surface area contributed by atoms with Gasteiger partial charge in [0, 0.05) is 18.0 Å². The number of carbonyl (C=O) groups is 1. The summed E-state index contributed by atoms with van der Waals surface area (Å²) in [5.74, 6) is 1.91. The third kappa shape index (κ3) is 4.44.